The van der Waals surface area contributed by atoms with Crippen molar-refractivity contribution in [2.75, 3.05) is 0 Å². The number of hydrogen-bond acceptors (Lipinski definition) is 1. The van der Waals surface area contributed by atoms with Gasteiger partial charge in [-0.25, -0.2) is 4.39 Å². The molecule has 0 amide bonds. The molecule has 150 valence electrons. The van der Waals surface area contributed by atoms with Crippen molar-refractivity contribution in [3.8, 4) is 0 Å². The van der Waals surface area contributed by atoms with E-state index in [2.05, 4.69) is 38.1 Å². The number of Topliss-reactive ketones (excluding diaryl/α,β-unsaturated/α-hetero) is 1. The Balaban J connectivity index is 1.91. The molecule has 0 aliphatic carbocycles. The number of rotatable bonds is 8. The average molecular weight is 389 g/mol. The molecule has 1 nitrogen and oxygen atoms in total. The first-order valence-corrected chi connectivity index (χ1v) is 10.5. The third-order valence-corrected chi connectivity index (χ3v) is 5.77. The Morgan fingerprint density at radius 2 is 1.48 bits per heavy atom. The van der Waals surface area contributed by atoms with Gasteiger partial charge in [-0.05, 0) is 67.0 Å². The van der Waals surface area contributed by atoms with Gasteiger partial charge < -0.3 is 0 Å². The molecule has 1 atom stereocenters. The fourth-order valence-electron chi connectivity index (χ4n) is 3.98. The van der Waals surface area contributed by atoms with Gasteiger partial charge in [0.05, 0.1) is 5.92 Å². The second-order valence-electron chi connectivity index (χ2n) is 7.80. The molecule has 0 N–H and O–H groups in total. The molecule has 0 spiro atoms. The van der Waals surface area contributed by atoms with Crippen LogP contribution in [0.4, 0.5) is 4.39 Å². The quantitative estimate of drug-likeness (QED) is 0.372. The van der Waals surface area contributed by atoms with Crippen LogP contribution in [-0.2, 0) is 6.42 Å². The Kier molecular flexibility index (Phi) is 6.98. The van der Waals surface area contributed by atoms with E-state index in [1.807, 2.05) is 31.2 Å². The molecular weight excluding hydrogens is 359 g/mol. The Bertz CT molecular complexity index is 937. The van der Waals surface area contributed by atoms with Crippen molar-refractivity contribution in [3.05, 3.63) is 106 Å². The molecule has 0 aromatic heterocycles. The van der Waals surface area contributed by atoms with Crippen LogP contribution in [0.2, 0.25) is 0 Å². The molecule has 0 saturated carbocycles. The second kappa shape index (κ2) is 9.65. The summed E-state index contributed by atoms with van der Waals surface area (Å²) in [6.07, 6.45) is 2.85. The van der Waals surface area contributed by atoms with Crippen molar-refractivity contribution in [1.29, 1.82) is 0 Å². The van der Waals surface area contributed by atoms with Crippen molar-refractivity contribution in [1.82, 2.24) is 0 Å². The third-order valence-electron chi connectivity index (χ3n) is 5.77. The van der Waals surface area contributed by atoms with Crippen LogP contribution in [0.15, 0.2) is 72.8 Å². The molecule has 3 aromatic rings. The lowest BCUT2D eigenvalue weighted by Gasteiger charge is -2.18. The highest BCUT2D eigenvalue weighted by Gasteiger charge is 2.23. The van der Waals surface area contributed by atoms with Crippen LogP contribution in [0.25, 0.3) is 0 Å². The third kappa shape index (κ3) is 5.20. The molecule has 3 aromatic carbocycles. The van der Waals surface area contributed by atoms with Crippen molar-refractivity contribution < 1.29 is 9.18 Å². The van der Waals surface area contributed by atoms with Gasteiger partial charge in [0.1, 0.15) is 5.82 Å². The van der Waals surface area contributed by atoms with Gasteiger partial charge in [0.2, 0.25) is 0 Å². The minimum atomic E-state index is -0.337. The summed E-state index contributed by atoms with van der Waals surface area (Å²) in [5.41, 5.74) is 5.08. The van der Waals surface area contributed by atoms with Crippen LogP contribution < -0.4 is 0 Å². The summed E-state index contributed by atoms with van der Waals surface area (Å²) in [7, 11) is 0. The predicted octanol–water partition coefficient (Wildman–Crippen LogP) is 7.25. The molecule has 2 heteroatoms. The summed E-state index contributed by atoms with van der Waals surface area (Å²) in [6.45, 7) is 6.42. The van der Waals surface area contributed by atoms with E-state index < -0.39 is 0 Å². The number of hydrogen-bond donors (Lipinski definition) is 0. The molecular formula is C27H29FO. The zero-order valence-corrected chi connectivity index (χ0v) is 17.5. The Hall–Kier alpha value is -2.74. The van der Waals surface area contributed by atoms with Gasteiger partial charge in [0.25, 0.3) is 0 Å². The minimum absolute atomic E-state index is 0.0735. The molecule has 0 heterocycles. The van der Waals surface area contributed by atoms with Gasteiger partial charge >= 0.3 is 0 Å². The smallest absolute Gasteiger partial charge is 0.170 e. The first-order valence-electron chi connectivity index (χ1n) is 10.5. The summed E-state index contributed by atoms with van der Waals surface area (Å²) >= 11 is 0. The van der Waals surface area contributed by atoms with E-state index in [1.165, 1.54) is 17.7 Å². The number of carbonyl (C=O) groups is 1. The molecule has 0 saturated heterocycles. The van der Waals surface area contributed by atoms with Gasteiger partial charge in [-0.3, -0.25) is 4.79 Å². The minimum Gasteiger partial charge on any atom is -0.293 e. The summed E-state index contributed by atoms with van der Waals surface area (Å²) in [4.78, 5) is 13.4. The van der Waals surface area contributed by atoms with E-state index in [4.69, 9.17) is 0 Å². The van der Waals surface area contributed by atoms with E-state index in [9.17, 15) is 9.18 Å². The maximum Gasteiger partial charge on any atom is 0.170 e. The molecule has 0 aliphatic heterocycles. The number of benzene rings is 3. The van der Waals surface area contributed by atoms with Gasteiger partial charge in [-0.1, -0.05) is 74.0 Å². The van der Waals surface area contributed by atoms with Crippen LogP contribution in [0.5, 0.6) is 0 Å². The number of aryl methyl sites for hydroxylation is 1. The normalized spacial score (nSPS) is 12.2. The molecule has 0 aliphatic rings. The van der Waals surface area contributed by atoms with Gasteiger partial charge in [0.15, 0.2) is 5.78 Å². The molecule has 0 fully saturated rings. The molecule has 0 radical (unpaired) electrons. The van der Waals surface area contributed by atoms with Crippen molar-refractivity contribution >= 4 is 5.78 Å². The fourth-order valence-corrected chi connectivity index (χ4v) is 3.98. The summed E-state index contributed by atoms with van der Waals surface area (Å²) in [5.74, 6) is 0.0247. The van der Waals surface area contributed by atoms with Gasteiger partial charge in [-0.15, -0.1) is 0 Å². The standard InChI is InChI=1S/C27H29FO/c1-4-21(5-2)22-11-9-20(10-12-22)18-26(23-13-15-25(28)16-14-23)27(29)24-8-6-7-19(3)17-24/h6-17,21,26H,4-5,18H2,1-3H3. The number of ketones is 1. The van der Waals surface area contributed by atoms with Crippen LogP contribution >= 0.6 is 0 Å². The highest BCUT2D eigenvalue weighted by molar-refractivity contribution is 6.01. The molecule has 0 bridgehead atoms. The second-order valence-corrected chi connectivity index (χ2v) is 7.80. The van der Waals surface area contributed by atoms with Crippen molar-refractivity contribution in [2.45, 2.75) is 51.9 Å². The lowest BCUT2D eigenvalue weighted by Crippen LogP contribution is -2.16. The van der Waals surface area contributed by atoms with Gasteiger partial charge in [0, 0.05) is 5.56 Å². The first-order chi connectivity index (χ1) is 14.0. The van der Waals surface area contributed by atoms with E-state index in [-0.39, 0.29) is 17.5 Å². The zero-order valence-electron chi connectivity index (χ0n) is 17.5. The van der Waals surface area contributed by atoms with Crippen molar-refractivity contribution in [3.63, 3.8) is 0 Å². The maximum absolute atomic E-state index is 13.5. The summed E-state index contributed by atoms with van der Waals surface area (Å²) in [6, 6.07) is 22.6. The summed E-state index contributed by atoms with van der Waals surface area (Å²) < 4.78 is 13.5. The predicted molar refractivity (Wildman–Crippen MR) is 118 cm³/mol. The average Bonchev–Trinajstić information content (AvgIpc) is 2.74. The van der Waals surface area contributed by atoms with Crippen LogP contribution in [0.3, 0.4) is 0 Å². The first kappa shape index (κ1) is 21.0. The molecule has 3 rings (SSSR count). The maximum atomic E-state index is 13.5. The number of halogens is 1. The molecule has 29 heavy (non-hydrogen) atoms. The van der Waals surface area contributed by atoms with Crippen LogP contribution in [0.1, 0.15) is 71.1 Å². The Labute approximate surface area is 173 Å². The SMILES string of the molecule is CCC(CC)c1ccc(CC(C(=O)c2cccc(C)c2)c2ccc(F)cc2)cc1. The highest BCUT2D eigenvalue weighted by atomic mass is 19.1. The van der Waals surface area contributed by atoms with E-state index in [1.54, 1.807) is 12.1 Å². The number of carbonyl (C=O) groups excluding carboxylic acids is 1. The topological polar surface area (TPSA) is 17.1 Å². The zero-order chi connectivity index (χ0) is 20.8. The van der Waals surface area contributed by atoms with E-state index in [0.717, 1.165) is 29.5 Å². The van der Waals surface area contributed by atoms with E-state index in [0.29, 0.717) is 17.9 Å². The Morgan fingerprint density at radius 1 is 0.862 bits per heavy atom. The Morgan fingerprint density at radius 3 is 2.07 bits per heavy atom. The van der Waals surface area contributed by atoms with Crippen LogP contribution in [0, 0.1) is 12.7 Å². The molecule has 1 unspecified atom stereocenters. The monoisotopic (exact) mass is 388 g/mol. The van der Waals surface area contributed by atoms with Crippen molar-refractivity contribution in [2.24, 2.45) is 0 Å². The summed E-state index contributed by atoms with van der Waals surface area (Å²) in [5, 5.41) is 0. The fraction of sp³-hybridized carbons (Fsp3) is 0.296. The van der Waals surface area contributed by atoms with E-state index >= 15 is 0 Å². The van der Waals surface area contributed by atoms with Gasteiger partial charge in [-0.2, -0.15) is 0 Å². The lowest BCUT2D eigenvalue weighted by atomic mass is 9.84. The van der Waals surface area contributed by atoms with Crippen LogP contribution in [-0.4, -0.2) is 5.78 Å². The highest BCUT2D eigenvalue weighted by Crippen LogP contribution is 2.28. The largest absolute Gasteiger partial charge is 0.293 e. The lowest BCUT2D eigenvalue weighted by molar-refractivity contribution is 0.0958.